The van der Waals surface area contributed by atoms with Gasteiger partial charge < -0.3 is 9.67 Å². The van der Waals surface area contributed by atoms with Gasteiger partial charge in [-0.3, -0.25) is 0 Å². The van der Waals surface area contributed by atoms with Crippen molar-refractivity contribution in [2.75, 3.05) is 0 Å². The Morgan fingerprint density at radius 3 is 2.42 bits per heavy atom. The quantitative estimate of drug-likeness (QED) is 0.892. The van der Waals surface area contributed by atoms with Crippen molar-refractivity contribution in [2.45, 2.75) is 46.3 Å². The summed E-state index contributed by atoms with van der Waals surface area (Å²) in [6.45, 7) is 10.1. The molecule has 2 rings (SSSR count). The molecule has 0 radical (unpaired) electrons. The summed E-state index contributed by atoms with van der Waals surface area (Å²) < 4.78 is 1.84. The van der Waals surface area contributed by atoms with E-state index in [0.717, 1.165) is 17.1 Å². The summed E-state index contributed by atoms with van der Waals surface area (Å²) in [5.74, 6) is 0.902. The molecule has 3 heteroatoms. The average molecular weight is 258 g/mol. The predicted octanol–water partition coefficient (Wildman–Crippen LogP) is 3.67. The molecular weight excluding hydrogens is 236 g/mol. The third-order valence-electron chi connectivity index (χ3n) is 3.12. The van der Waals surface area contributed by atoms with Crippen LogP contribution >= 0.6 is 0 Å². The third-order valence-corrected chi connectivity index (χ3v) is 3.12. The van der Waals surface area contributed by atoms with Crippen LogP contribution in [0.1, 0.15) is 45.3 Å². The van der Waals surface area contributed by atoms with Crippen molar-refractivity contribution in [3.63, 3.8) is 0 Å². The number of rotatable bonds is 2. The van der Waals surface area contributed by atoms with Crippen molar-refractivity contribution in [2.24, 2.45) is 0 Å². The van der Waals surface area contributed by atoms with Crippen LogP contribution in [0.2, 0.25) is 0 Å². The molecular formula is C16H22N2O. The van der Waals surface area contributed by atoms with Gasteiger partial charge in [0.15, 0.2) is 0 Å². The highest BCUT2D eigenvalue weighted by molar-refractivity contribution is 5.59. The first-order chi connectivity index (χ1) is 8.79. The monoisotopic (exact) mass is 258 g/mol. The van der Waals surface area contributed by atoms with Gasteiger partial charge in [-0.25, -0.2) is 4.98 Å². The van der Waals surface area contributed by atoms with Gasteiger partial charge in [-0.05, 0) is 19.9 Å². The van der Waals surface area contributed by atoms with E-state index < -0.39 is 6.23 Å². The lowest BCUT2D eigenvalue weighted by molar-refractivity contribution is 0.117. The lowest BCUT2D eigenvalue weighted by Gasteiger charge is -2.21. The van der Waals surface area contributed by atoms with Crippen molar-refractivity contribution in [3.8, 4) is 11.3 Å². The molecule has 0 fully saturated rings. The largest absolute Gasteiger partial charge is 0.374 e. The number of nitrogens with zero attached hydrogens (tertiary/aromatic N) is 2. The lowest BCUT2D eigenvalue weighted by Crippen LogP contribution is -2.20. The van der Waals surface area contributed by atoms with E-state index in [1.807, 2.05) is 22.9 Å². The minimum atomic E-state index is -0.569. The Bertz CT molecular complexity index is 577. The highest BCUT2D eigenvalue weighted by Gasteiger charge is 2.23. The van der Waals surface area contributed by atoms with Crippen LogP contribution in [0.15, 0.2) is 30.5 Å². The third kappa shape index (κ3) is 2.87. The maximum absolute atomic E-state index is 9.91. The second kappa shape index (κ2) is 4.82. The normalized spacial score (nSPS) is 13.6. The van der Waals surface area contributed by atoms with Crippen LogP contribution in [-0.4, -0.2) is 14.7 Å². The van der Waals surface area contributed by atoms with Crippen LogP contribution in [0.25, 0.3) is 11.3 Å². The van der Waals surface area contributed by atoms with Crippen LogP contribution < -0.4 is 0 Å². The second-order valence-corrected chi connectivity index (χ2v) is 6.11. The topological polar surface area (TPSA) is 38.0 Å². The number of aromatic nitrogens is 2. The number of aliphatic hydroxyl groups is 1. The minimum Gasteiger partial charge on any atom is -0.374 e. The molecule has 0 amide bonds. The first kappa shape index (κ1) is 13.8. The SMILES string of the molecule is Cc1cccc(-c2cn(C(C)O)c(C(C)(C)C)n2)c1. The predicted molar refractivity (Wildman–Crippen MR) is 78.0 cm³/mol. The maximum atomic E-state index is 9.91. The molecule has 0 saturated carbocycles. The molecule has 1 heterocycles. The molecule has 1 aromatic carbocycles. The number of benzene rings is 1. The van der Waals surface area contributed by atoms with Crippen LogP contribution in [0.4, 0.5) is 0 Å². The summed E-state index contributed by atoms with van der Waals surface area (Å²) in [5.41, 5.74) is 3.11. The summed E-state index contributed by atoms with van der Waals surface area (Å²) in [4.78, 5) is 4.72. The highest BCUT2D eigenvalue weighted by atomic mass is 16.3. The Balaban J connectivity index is 2.55. The van der Waals surface area contributed by atoms with E-state index in [-0.39, 0.29) is 5.41 Å². The highest BCUT2D eigenvalue weighted by Crippen LogP contribution is 2.28. The van der Waals surface area contributed by atoms with Crippen LogP contribution in [0.3, 0.4) is 0 Å². The minimum absolute atomic E-state index is 0.0981. The molecule has 0 aliphatic heterocycles. The molecule has 0 bridgehead atoms. The fourth-order valence-corrected chi connectivity index (χ4v) is 2.18. The molecule has 1 aromatic heterocycles. The molecule has 1 unspecified atom stereocenters. The van der Waals surface area contributed by atoms with Gasteiger partial charge in [0.1, 0.15) is 12.1 Å². The second-order valence-electron chi connectivity index (χ2n) is 6.11. The van der Waals surface area contributed by atoms with Crippen LogP contribution in [-0.2, 0) is 5.41 Å². The Labute approximate surface area is 114 Å². The van der Waals surface area contributed by atoms with E-state index >= 15 is 0 Å². The van der Waals surface area contributed by atoms with Gasteiger partial charge in [-0.1, -0.05) is 44.5 Å². The standard InChI is InChI=1S/C16H22N2O/c1-11-7-6-8-13(9-11)14-10-18(12(2)19)15(17-14)16(3,4)5/h6-10,12,19H,1-5H3. The van der Waals surface area contributed by atoms with Gasteiger partial charge in [0.05, 0.1) is 5.69 Å². The Morgan fingerprint density at radius 2 is 1.95 bits per heavy atom. The molecule has 1 atom stereocenters. The summed E-state index contributed by atoms with van der Waals surface area (Å²) in [6.07, 6.45) is 1.36. The maximum Gasteiger partial charge on any atom is 0.129 e. The van der Waals surface area contributed by atoms with E-state index in [2.05, 4.69) is 39.8 Å². The van der Waals surface area contributed by atoms with Crippen molar-refractivity contribution >= 4 is 0 Å². The van der Waals surface area contributed by atoms with E-state index in [0.29, 0.717) is 0 Å². The van der Waals surface area contributed by atoms with Crippen molar-refractivity contribution < 1.29 is 5.11 Å². The number of hydrogen-bond acceptors (Lipinski definition) is 2. The molecule has 0 aliphatic rings. The van der Waals surface area contributed by atoms with Gasteiger partial charge in [0, 0.05) is 17.2 Å². The number of hydrogen-bond donors (Lipinski definition) is 1. The van der Waals surface area contributed by atoms with Gasteiger partial charge in [-0.2, -0.15) is 0 Å². The van der Waals surface area contributed by atoms with Gasteiger partial charge in [0.25, 0.3) is 0 Å². The van der Waals surface area contributed by atoms with E-state index in [9.17, 15) is 5.11 Å². The molecule has 0 spiro atoms. The first-order valence-corrected chi connectivity index (χ1v) is 6.63. The zero-order valence-corrected chi connectivity index (χ0v) is 12.3. The average Bonchev–Trinajstić information content (AvgIpc) is 2.73. The smallest absolute Gasteiger partial charge is 0.129 e. The zero-order valence-electron chi connectivity index (χ0n) is 12.3. The molecule has 1 N–H and O–H groups in total. The first-order valence-electron chi connectivity index (χ1n) is 6.63. The molecule has 3 nitrogen and oxygen atoms in total. The zero-order chi connectivity index (χ0) is 14.2. The fourth-order valence-electron chi connectivity index (χ4n) is 2.18. The van der Waals surface area contributed by atoms with Crippen LogP contribution in [0.5, 0.6) is 0 Å². The summed E-state index contributed by atoms with van der Waals surface area (Å²) >= 11 is 0. The summed E-state index contributed by atoms with van der Waals surface area (Å²) in [7, 11) is 0. The number of aliphatic hydroxyl groups excluding tert-OH is 1. The molecule has 0 aliphatic carbocycles. The lowest BCUT2D eigenvalue weighted by atomic mass is 9.95. The van der Waals surface area contributed by atoms with Crippen molar-refractivity contribution in [1.29, 1.82) is 0 Å². The Hall–Kier alpha value is -1.61. The Kier molecular flexibility index (Phi) is 3.50. The number of imidazole rings is 1. The van der Waals surface area contributed by atoms with Gasteiger partial charge >= 0.3 is 0 Å². The van der Waals surface area contributed by atoms with E-state index in [4.69, 9.17) is 4.98 Å². The van der Waals surface area contributed by atoms with Crippen molar-refractivity contribution in [3.05, 3.63) is 41.9 Å². The summed E-state index contributed by atoms with van der Waals surface area (Å²) in [5, 5.41) is 9.91. The molecule has 19 heavy (non-hydrogen) atoms. The molecule has 102 valence electrons. The Morgan fingerprint density at radius 1 is 1.26 bits per heavy atom. The van der Waals surface area contributed by atoms with Gasteiger partial charge in [-0.15, -0.1) is 0 Å². The van der Waals surface area contributed by atoms with E-state index in [1.165, 1.54) is 5.56 Å². The summed E-state index contributed by atoms with van der Waals surface area (Å²) in [6, 6.07) is 8.26. The molecule has 0 saturated heterocycles. The molecule has 2 aromatic rings. The van der Waals surface area contributed by atoms with Crippen LogP contribution in [0, 0.1) is 6.92 Å². The van der Waals surface area contributed by atoms with Gasteiger partial charge in [0.2, 0.25) is 0 Å². The number of aryl methyl sites for hydroxylation is 1. The van der Waals surface area contributed by atoms with E-state index in [1.54, 1.807) is 6.92 Å². The van der Waals surface area contributed by atoms with Crippen molar-refractivity contribution in [1.82, 2.24) is 9.55 Å². The fraction of sp³-hybridized carbons (Fsp3) is 0.438.